The van der Waals surface area contributed by atoms with Crippen LogP contribution in [0, 0.1) is 11.3 Å². The predicted octanol–water partition coefficient (Wildman–Crippen LogP) is 4.87. The molecule has 4 rings (SSSR count). The molecule has 0 saturated carbocycles. The molecule has 2 aromatic heterocycles. The van der Waals surface area contributed by atoms with Crippen LogP contribution in [0.4, 0.5) is 5.69 Å². The number of hydrogen-bond donors (Lipinski definition) is 1. The summed E-state index contributed by atoms with van der Waals surface area (Å²) in [5.74, 6) is 0.503. The molecule has 2 N–H and O–H groups in total. The molecule has 1 aliphatic carbocycles. The molecule has 0 unspecified atom stereocenters. The first kappa shape index (κ1) is 15.0. The van der Waals surface area contributed by atoms with Crippen LogP contribution in [0.5, 0.6) is 0 Å². The van der Waals surface area contributed by atoms with Crippen LogP contribution in [0.15, 0.2) is 28.7 Å². The number of nitrogens with zero attached hydrogens (tertiary/aromatic N) is 2. The minimum Gasteiger partial charge on any atom is -0.436 e. The van der Waals surface area contributed by atoms with E-state index in [1.807, 2.05) is 12.1 Å². The number of nitrogen functional groups attached to an aromatic ring is 1. The average Bonchev–Trinajstić information content (AvgIpc) is 2.78. The molecule has 1 aromatic carbocycles. The Morgan fingerprint density at radius 3 is 2.62 bits per heavy atom. The zero-order chi connectivity index (χ0) is 16.7. The Hall–Kier alpha value is -2.51. The van der Waals surface area contributed by atoms with Gasteiger partial charge in [0.15, 0.2) is 5.76 Å². The van der Waals surface area contributed by atoms with E-state index in [4.69, 9.17) is 21.8 Å². The summed E-state index contributed by atoms with van der Waals surface area (Å²) in [6.45, 7) is 0. The number of nitrogens with two attached hydrogens (primary N) is 1. The number of rotatable bonds is 1. The third-order valence-corrected chi connectivity index (χ3v) is 4.88. The molecule has 1 aliphatic rings. The number of fused-ring (bicyclic) bond motifs is 2. The highest BCUT2D eigenvalue weighted by Crippen LogP contribution is 2.39. The van der Waals surface area contributed by atoms with Crippen LogP contribution in [0.25, 0.3) is 22.4 Å². The van der Waals surface area contributed by atoms with Crippen LogP contribution in [-0.4, -0.2) is 4.98 Å². The van der Waals surface area contributed by atoms with Crippen LogP contribution >= 0.6 is 11.6 Å². The molecule has 5 heteroatoms. The maximum Gasteiger partial charge on any atom is 0.230 e. The Bertz CT molecular complexity index is 967. The predicted molar refractivity (Wildman–Crippen MR) is 94.8 cm³/mol. The van der Waals surface area contributed by atoms with Gasteiger partial charge >= 0.3 is 0 Å². The van der Waals surface area contributed by atoms with Crippen molar-refractivity contribution < 1.29 is 4.42 Å². The number of aryl methyl sites for hydroxylation is 1. The SMILES string of the molecule is N#Cc1c(-c2ccc(Cl)cc2)oc2nc3c(c(N)c12)CCCCC3. The van der Waals surface area contributed by atoms with E-state index in [1.54, 1.807) is 12.1 Å². The van der Waals surface area contributed by atoms with Crippen LogP contribution in [0.3, 0.4) is 0 Å². The number of anilines is 1. The third kappa shape index (κ3) is 2.33. The van der Waals surface area contributed by atoms with Crippen LogP contribution in [0.2, 0.25) is 5.02 Å². The zero-order valence-corrected chi connectivity index (χ0v) is 13.9. The van der Waals surface area contributed by atoms with Crippen LogP contribution < -0.4 is 5.73 Å². The van der Waals surface area contributed by atoms with Gasteiger partial charge < -0.3 is 10.2 Å². The number of furan rings is 1. The third-order valence-electron chi connectivity index (χ3n) is 4.63. The summed E-state index contributed by atoms with van der Waals surface area (Å²) < 4.78 is 5.95. The largest absolute Gasteiger partial charge is 0.436 e. The van der Waals surface area contributed by atoms with Gasteiger partial charge in [0.1, 0.15) is 11.6 Å². The van der Waals surface area contributed by atoms with Crippen molar-refractivity contribution in [1.82, 2.24) is 4.98 Å². The first-order valence-electron chi connectivity index (χ1n) is 8.09. The number of benzene rings is 1. The number of hydrogen-bond acceptors (Lipinski definition) is 4. The molecule has 0 bridgehead atoms. The minimum absolute atomic E-state index is 0.448. The van der Waals surface area contributed by atoms with E-state index in [9.17, 15) is 5.26 Å². The number of aromatic nitrogens is 1. The quantitative estimate of drug-likeness (QED) is 0.642. The standard InChI is InChI=1S/C19H16ClN3O/c20-12-8-6-11(7-9-12)18-14(10-21)16-17(22)13-4-2-1-3-5-15(13)23-19(16)24-18/h6-9H,1-5H2,(H2,22,23). The summed E-state index contributed by atoms with van der Waals surface area (Å²) in [4.78, 5) is 4.69. The molecule has 0 radical (unpaired) electrons. The van der Waals surface area contributed by atoms with Crippen molar-refractivity contribution in [3.05, 3.63) is 46.1 Å². The number of halogens is 1. The lowest BCUT2D eigenvalue weighted by Crippen LogP contribution is -2.02. The maximum absolute atomic E-state index is 9.69. The molecule has 2 heterocycles. The van der Waals surface area contributed by atoms with Crippen molar-refractivity contribution in [3.63, 3.8) is 0 Å². The van der Waals surface area contributed by atoms with E-state index in [2.05, 4.69) is 11.1 Å². The number of pyridine rings is 1. The molecular formula is C19H16ClN3O. The minimum atomic E-state index is 0.448. The second kappa shape index (κ2) is 5.85. The topological polar surface area (TPSA) is 75.8 Å². The Morgan fingerprint density at radius 2 is 1.88 bits per heavy atom. The van der Waals surface area contributed by atoms with E-state index < -0.39 is 0 Å². The molecule has 0 saturated heterocycles. The average molecular weight is 338 g/mol. The van der Waals surface area contributed by atoms with Gasteiger partial charge in [0.2, 0.25) is 5.71 Å². The summed E-state index contributed by atoms with van der Waals surface area (Å²) in [6.07, 6.45) is 5.22. The van der Waals surface area contributed by atoms with Gasteiger partial charge in [-0.2, -0.15) is 5.26 Å². The van der Waals surface area contributed by atoms with E-state index in [0.29, 0.717) is 33.1 Å². The molecular weight excluding hydrogens is 322 g/mol. The van der Waals surface area contributed by atoms with Gasteiger partial charge in [-0.25, -0.2) is 4.98 Å². The van der Waals surface area contributed by atoms with Crippen molar-refractivity contribution in [2.45, 2.75) is 32.1 Å². The molecule has 120 valence electrons. The van der Waals surface area contributed by atoms with Gasteiger partial charge in [0.25, 0.3) is 0 Å². The van der Waals surface area contributed by atoms with Crippen molar-refractivity contribution in [2.75, 3.05) is 5.73 Å². The second-order valence-corrected chi connectivity index (χ2v) is 6.55. The fourth-order valence-corrected chi connectivity index (χ4v) is 3.54. The van der Waals surface area contributed by atoms with E-state index in [1.165, 1.54) is 6.42 Å². The smallest absolute Gasteiger partial charge is 0.230 e. The molecule has 0 aliphatic heterocycles. The van der Waals surface area contributed by atoms with Gasteiger partial charge in [-0.1, -0.05) is 18.0 Å². The van der Waals surface area contributed by atoms with Gasteiger partial charge in [-0.05, 0) is 55.5 Å². The fourth-order valence-electron chi connectivity index (χ4n) is 3.41. The Labute approximate surface area is 144 Å². The van der Waals surface area contributed by atoms with Crippen molar-refractivity contribution in [1.29, 1.82) is 5.26 Å². The summed E-state index contributed by atoms with van der Waals surface area (Å²) in [6, 6.07) is 9.47. The molecule has 4 nitrogen and oxygen atoms in total. The number of nitriles is 1. The fraction of sp³-hybridized carbons (Fsp3) is 0.263. The summed E-state index contributed by atoms with van der Waals surface area (Å²) in [5.41, 5.74) is 10.9. The lowest BCUT2D eigenvalue weighted by Gasteiger charge is -2.08. The van der Waals surface area contributed by atoms with E-state index >= 15 is 0 Å². The molecule has 24 heavy (non-hydrogen) atoms. The summed E-state index contributed by atoms with van der Waals surface area (Å²) >= 11 is 5.95. The Morgan fingerprint density at radius 1 is 1.12 bits per heavy atom. The van der Waals surface area contributed by atoms with Gasteiger partial charge in [0.05, 0.1) is 11.1 Å². The van der Waals surface area contributed by atoms with E-state index in [-0.39, 0.29) is 0 Å². The molecule has 3 aromatic rings. The highest BCUT2D eigenvalue weighted by molar-refractivity contribution is 6.30. The van der Waals surface area contributed by atoms with Crippen LogP contribution in [0.1, 0.15) is 36.1 Å². The Kier molecular flexibility index (Phi) is 3.66. The van der Waals surface area contributed by atoms with Gasteiger partial charge in [-0.15, -0.1) is 0 Å². The second-order valence-electron chi connectivity index (χ2n) is 6.12. The van der Waals surface area contributed by atoms with E-state index in [0.717, 1.165) is 42.5 Å². The van der Waals surface area contributed by atoms with Crippen molar-refractivity contribution in [3.8, 4) is 17.4 Å². The van der Waals surface area contributed by atoms with Crippen molar-refractivity contribution in [2.24, 2.45) is 0 Å². The maximum atomic E-state index is 9.69. The van der Waals surface area contributed by atoms with Gasteiger partial charge in [-0.3, -0.25) is 0 Å². The molecule has 0 amide bonds. The normalized spacial score (nSPS) is 14.2. The monoisotopic (exact) mass is 337 g/mol. The molecule has 0 atom stereocenters. The molecule has 0 spiro atoms. The Balaban J connectivity index is 1.99. The highest BCUT2D eigenvalue weighted by Gasteiger charge is 2.23. The molecule has 0 fully saturated rings. The first-order chi connectivity index (χ1) is 11.7. The highest BCUT2D eigenvalue weighted by atomic mass is 35.5. The lowest BCUT2D eigenvalue weighted by molar-refractivity contribution is 0.614. The van der Waals surface area contributed by atoms with Crippen LogP contribution in [-0.2, 0) is 12.8 Å². The lowest BCUT2D eigenvalue weighted by atomic mass is 10.0. The van der Waals surface area contributed by atoms with Gasteiger partial charge in [0, 0.05) is 16.3 Å². The zero-order valence-electron chi connectivity index (χ0n) is 13.1. The van der Waals surface area contributed by atoms with Crippen molar-refractivity contribution >= 4 is 28.4 Å². The summed E-state index contributed by atoms with van der Waals surface area (Å²) in [7, 11) is 0. The summed E-state index contributed by atoms with van der Waals surface area (Å²) in [5, 5.41) is 11.0. The first-order valence-corrected chi connectivity index (χ1v) is 8.46.